The summed E-state index contributed by atoms with van der Waals surface area (Å²) in [5.41, 5.74) is 1.08. The number of nitro groups is 1. The highest BCUT2D eigenvalue weighted by Gasteiger charge is 2.08. The standard InChI is InChI=1S/C13H13NO3/c15-14(16)12-8-6-11(7-9-12)3-1-4-13-5-2-10-17-13/h1-3,6-10,13H,4-5H2/b3-1+. The lowest BCUT2D eigenvalue weighted by atomic mass is 10.1. The zero-order valence-corrected chi connectivity index (χ0v) is 9.28. The molecular formula is C13H13NO3. The van der Waals surface area contributed by atoms with E-state index in [2.05, 4.69) is 0 Å². The van der Waals surface area contributed by atoms with E-state index in [-0.39, 0.29) is 11.8 Å². The largest absolute Gasteiger partial charge is 0.498 e. The van der Waals surface area contributed by atoms with Gasteiger partial charge in [0.1, 0.15) is 6.10 Å². The van der Waals surface area contributed by atoms with Crippen LogP contribution in [0.1, 0.15) is 18.4 Å². The van der Waals surface area contributed by atoms with E-state index in [4.69, 9.17) is 4.74 Å². The van der Waals surface area contributed by atoms with Gasteiger partial charge in [-0.1, -0.05) is 12.2 Å². The first-order chi connectivity index (χ1) is 8.25. The molecule has 0 spiro atoms. The molecular weight excluding hydrogens is 218 g/mol. The van der Waals surface area contributed by atoms with E-state index in [0.29, 0.717) is 0 Å². The summed E-state index contributed by atoms with van der Waals surface area (Å²) in [7, 11) is 0. The van der Waals surface area contributed by atoms with Crippen molar-refractivity contribution in [2.45, 2.75) is 18.9 Å². The number of non-ortho nitro benzene ring substituents is 1. The van der Waals surface area contributed by atoms with Crippen LogP contribution in [-0.4, -0.2) is 11.0 Å². The maximum absolute atomic E-state index is 10.5. The molecule has 1 aliphatic rings. The van der Waals surface area contributed by atoms with Crippen molar-refractivity contribution in [3.05, 3.63) is 58.4 Å². The Morgan fingerprint density at radius 3 is 2.76 bits per heavy atom. The topological polar surface area (TPSA) is 52.4 Å². The fraction of sp³-hybridized carbons (Fsp3) is 0.231. The predicted molar refractivity (Wildman–Crippen MR) is 65.4 cm³/mol. The van der Waals surface area contributed by atoms with Crippen LogP contribution in [0.25, 0.3) is 6.08 Å². The van der Waals surface area contributed by atoms with Crippen molar-refractivity contribution in [2.24, 2.45) is 0 Å². The molecule has 1 atom stereocenters. The molecule has 0 aliphatic carbocycles. The lowest BCUT2D eigenvalue weighted by Gasteiger charge is -2.05. The second-order valence-electron chi connectivity index (χ2n) is 3.85. The third-order valence-corrected chi connectivity index (χ3v) is 2.58. The van der Waals surface area contributed by atoms with E-state index in [1.165, 1.54) is 12.1 Å². The van der Waals surface area contributed by atoms with E-state index in [1.54, 1.807) is 18.4 Å². The highest BCUT2D eigenvalue weighted by molar-refractivity contribution is 5.51. The van der Waals surface area contributed by atoms with Gasteiger partial charge in [-0.15, -0.1) is 0 Å². The van der Waals surface area contributed by atoms with Gasteiger partial charge in [-0.25, -0.2) is 0 Å². The average molecular weight is 231 g/mol. The van der Waals surface area contributed by atoms with Crippen molar-refractivity contribution in [1.29, 1.82) is 0 Å². The van der Waals surface area contributed by atoms with E-state index >= 15 is 0 Å². The van der Waals surface area contributed by atoms with Gasteiger partial charge < -0.3 is 4.74 Å². The molecule has 0 N–H and O–H groups in total. The Kier molecular flexibility index (Phi) is 3.55. The van der Waals surface area contributed by atoms with Crippen LogP contribution >= 0.6 is 0 Å². The lowest BCUT2D eigenvalue weighted by molar-refractivity contribution is -0.384. The van der Waals surface area contributed by atoms with Crippen LogP contribution in [0.4, 0.5) is 5.69 Å². The highest BCUT2D eigenvalue weighted by atomic mass is 16.6. The van der Waals surface area contributed by atoms with E-state index in [0.717, 1.165) is 18.4 Å². The molecule has 0 aromatic heterocycles. The van der Waals surface area contributed by atoms with Gasteiger partial charge in [-0.2, -0.15) is 0 Å². The minimum absolute atomic E-state index is 0.116. The van der Waals surface area contributed by atoms with Crippen molar-refractivity contribution in [2.75, 3.05) is 0 Å². The van der Waals surface area contributed by atoms with Gasteiger partial charge in [0.2, 0.25) is 0 Å². The van der Waals surface area contributed by atoms with Crippen molar-refractivity contribution < 1.29 is 9.66 Å². The Hall–Kier alpha value is -2.10. The van der Waals surface area contributed by atoms with Crippen molar-refractivity contribution in [3.8, 4) is 0 Å². The van der Waals surface area contributed by atoms with Gasteiger partial charge in [-0.05, 0) is 23.8 Å². The van der Waals surface area contributed by atoms with Crippen LogP contribution in [0, 0.1) is 10.1 Å². The molecule has 1 unspecified atom stereocenters. The molecule has 0 saturated carbocycles. The van der Waals surface area contributed by atoms with E-state index < -0.39 is 4.92 Å². The molecule has 1 aliphatic heterocycles. The smallest absolute Gasteiger partial charge is 0.269 e. The minimum Gasteiger partial charge on any atom is -0.498 e. The molecule has 17 heavy (non-hydrogen) atoms. The summed E-state index contributed by atoms with van der Waals surface area (Å²) >= 11 is 0. The zero-order valence-electron chi connectivity index (χ0n) is 9.28. The van der Waals surface area contributed by atoms with Gasteiger partial charge in [0.15, 0.2) is 0 Å². The Labute approximate surface area is 99.4 Å². The van der Waals surface area contributed by atoms with Gasteiger partial charge in [0.05, 0.1) is 11.2 Å². The summed E-state index contributed by atoms with van der Waals surface area (Å²) in [6, 6.07) is 6.49. The summed E-state index contributed by atoms with van der Waals surface area (Å²) in [4.78, 5) is 10.1. The zero-order chi connectivity index (χ0) is 12.1. The molecule has 4 heteroatoms. The maximum atomic E-state index is 10.5. The Balaban J connectivity index is 1.89. The third-order valence-electron chi connectivity index (χ3n) is 2.58. The summed E-state index contributed by atoms with van der Waals surface area (Å²) in [6.07, 6.45) is 9.75. The third kappa shape index (κ3) is 3.17. The quantitative estimate of drug-likeness (QED) is 0.590. The van der Waals surface area contributed by atoms with Crippen LogP contribution in [0.3, 0.4) is 0 Å². The summed E-state index contributed by atoms with van der Waals surface area (Å²) < 4.78 is 5.32. The number of rotatable bonds is 4. The number of ether oxygens (including phenoxy) is 1. The first kappa shape index (κ1) is 11.4. The highest BCUT2D eigenvalue weighted by Crippen LogP contribution is 2.16. The van der Waals surface area contributed by atoms with Gasteiger partial charge in [0.25, 0.3) is 5.69 Å². The number of nitro benzene ring substituents is 1. The summed E-state index contributed by atoms with van der Waals surface area (Å²) in [6.45, 7) is 0. The van der Waals surface area contributed by atoms with Crippen LogP contribution in [0.2, 0.25) is 0 Å². The fourth-order valence-corrected chi connectivity index (χ4v) is 1.64. The predicted octanol–water partition coefficient (Wildman–Crippen LogP) is 3.30. The number of hydrogen-bond acceptors (Lipinski definition) is 3. The first-order valence-electron chi connectivity index (χ1n) is 5.47. The Bertz CT molecular complexity index is 440. The number of benzene rings is 1. The van der Waals surface area contributed by atoms with Crippen molar-refractivity contribution in [3.63, 3.8) is 0 Å². The molecule has 88 valence electrons. The fourth-order valence-electron chi connectivity index (χ4n) is 1.64. The van der Waals surface area contributed by atoms with Gasteiger partial charge >= 0.3 is 0 Å². The van der Waals surface area contributed by atoms with Crippen LogP contribution < -0.4 is 0 Å². The molecule has 0 saturated heterocycles. The molecule has 1 aromatic rings. The second-order valence-corrected chi connectivity index (χ2v) is 3.85. The molecule has 1 heterocycles. The normalized spacial score (nSPS) is 18.5. The molecule has 0 fully saturated rings. The van der Waals surface area contributed by atoms with Crippen molar-refractivity contribution >= 4 is 11.8 Å². The monoisotopic (exact) mass is 231 g/mol. The molecule has 0 radical (unpaired) electrons. The van der Waals surface area contributed by atoms with Gasteiger partial charge in [0, 0.05) is 25.0 Å². The van der Waals surface area contributed by atoms with Crippen molar-refractivity contribution in [1.82, 2.24) is 0 Å². The Morgan fingerprint density at radius 1 is 1.41 bits per heavy atom. The number of hydrogen-bond donors (Lipinski definition) is 0. The van der Waals surface area contributed by atoms with E-state index in [1.807, 2.05) is 18.2 Å². The van der Waals surface area contributed by atoms with Crippen LogP contribution in [0.15, 0.2) is 42.7 Å². The molecule has 4 nitrogen and oxygen atoms in total. The molecule has 2 rings (SSSR count). The summed E-state index contributed by atoms with van der Waals surface area (Å²) in [5, 5.41) is 10.5. The minimum atomic E-state index is -0.397. The SMILES string of the molecule is O=[N+]([O-])c1ccc(/C=C/CC2CC=CO2)cc1. The lowest BCUT2D eigenvalue weighted by Crippen LogP contribution is -2.01. The molecule has 0 amide bonds. The Morgan fingerprint density at radius 2 is 2.18 bits per heavy atom. The maximum Gasteiger partial charge on any atom is 0.269 e. The second kappa shape index (κ2) is 5.30. The van der Waals surface area contributed by atoms with E-state index in [9.17, 15) is 10.1 Å². The van der Waals surface area contributed by atoms with Crippen LogP contribution in [0.5, 0.6) is 0 Å². The average Bonchev–Trinajstić information content (AvgIpc) is 2.83. The molecule has 0 bridgehead atoms. The number of nitrogens with zero attached hydrogens (tertiary/aromatic N) is 1. The first-order valence-corrected chi connectivity index (χ1v) is 5.47. The van der Waals surface area contributed by atoms with Gasteiger partial charge in [-0.3, -0.25) is 10.1 Å². The van der Waals surface area contributed by atoms with Crippen LogP contribution in [-0.2, 0) is 4.74 Å². The summed E-state index contributed by atoms with van der Waals surface area (Å²) in [5.74, 6) is 0. The molecule has 1 aromatic carbocycles.